The zero-order chi connectivity index (χ0) is 31.7. The Labute approximate surface area is 271 Å². The summed E-state index contributed by atoms with van der Waals surface area (Å²) in [7, 11) is 5.41. The molecular formula is C33H36ClFN6O3S. The second-order valence-electron chi connectivity index (χ2n) is 11.3. The number of aromatic nitrogens is 2. The number of methoxy groups -OCH3 is 2. The molecule has 236 valence electrons. The number of alkyl halides is 1. The van der Waals surface area contributed by atoms with Crippen molar-refractivity contribution in [3.8, 4) is 11.5 Å². The van der Waals surface area contributed by atoms with E-state index in [-0.39, 0.29) is 12.6 Å². The van der Waals surface area contributed by atoms with Gasteiger partial charge in [0.25, 0.3) is 0 Å². The molecule has 0 radical (unpaired) electrons. The van der Waals surface area contributed by atoms with Gasteiger partial charge in [0, 0.05) is 22.7 Å². The second kappa shape index (κ2) is 13.2. The van der Waals surface area contributed by atoms with E-state index in [0.717, 1.165) is 37.2 Å². The number of anilines is 5. The van der Waals surface area contributed by atoms with Crippen LogP contribution in [0.1, 0.15) is 47.9 Å². The molecule has 2 aliphatic rings. The molecule has 0 spiro atoms. The van der Waals surface area contributed by atoms with Gasteiger partial charge in [-0.05, 0) is 86.8 Å². The minimum absolute atomic E-state index is 0.139. The van der Waals surface area contributed by atoms with Crippen molar-refractivity contribution < 1.29 is 18.7 Å². The molecule has 0 aliphatic carbocycles. The molecule has 2 aromatic carbocycles. The number of carbonyl (C=O) groups is 1. The molecular weight excluding hydrogens is 615 g/mol. The maximum absolute atomic E-state index is 14.3. The quantitative estimate of drug-likeness (QED) is 0.196. The number of amides is 2. The summed E-state index contributed by atoms with van der Waals surface area (Å²) in [6, 6.07) is 11.4. The van der Waals surface area contributed by atoms with Gasteiger partial charge in [0.1, 0.15) is 22.5 Å². The monoisotopic (exact) mass is 650 g/mol. The number of nitrogens with one attached hydrogen (secondary N) is 1. The largest absolute Gasteiger partial charge is 0.497 e. The zero-order valence-electron chi connectivity index (χ0n) is 25.8. The van der Waals surface area contributed by atoms with E-state index in [0.29, 0.717) is 62.4 Å². The number of halogens is 2. The Kier molecular flexibility index (Phi) is 9.11. The van der Waals surface area contributed by atoms with Crippen LogP contribution >= 0.6 is 22.9 Å². The van der Waals surface area contributed by atoms with Crippen molar-refractivity contribution in [2.75, 3.05) is 49.5 Å². The molecule has 4 aromatic rings. The molecule has 2 aromatic heterocycles. The van der Waals surface area contributed by atoms with Gasteiger partial charge in [0.15, 0.2) is 5.82 Å². The van der Waals surface area contributed by atoms with Crippen molar-refractivity contribution in [1.82, 2.24) is 14.9 Å². The van der Waals surface area contributed by atoms with Crippen LogP contribution in [0.3, 0.4) is 0 Å². The summed E-state index contributed by atoms with van der Waals surface area (Å²) < 4.78 is 25.6. The first-order valence-corrected chi connectivity index (χ1v) is 16.2. The SMILES string of the molecule is CCc1cc(OC)ccc1N1C(=O)N(c2c(CF)csc2Cl)Cc2cnc(Nc3ccc(C4CCN(C)CC4)cc3OC)nc21. The van der Waals surface area contributed by atoms with Crippen LogP contribution in [0.5, 0.6) is 11.5 Å². The van der Waals surface area contributed by atoms with Gasteiger partial charge in [-0.15, -0.1) is 11.3 Å². The normalized spacial score (nSPS) is 15.7. The second-order valence-corrected chi connectivity index (χ2v) is 12.8. The number of aryl methyl sites for hydroxylation is 1. The molecule has 45 heavy (non-hydrogen) atoms. The van der Waals surface area contributed by atoms with E-state index in [4.69, 9.17) is 26.1 Å². The number of urea groups is 1. The molecule has 9 nitrogen and oxygen atoms in total. The number of thiophene rings is 1. The van der Waals surface area contributed by atoms with Crippen LogP contribution in [-0.4, -0.2) is 55.3 Å². The van der Waals surface area contributed by atoms with Crippen LogP contribution < -0.4 is 24.6 Å². The molecule has 0 unspecified atom stereocenters. The number of rotatable bonds is 9. The fourth-order valence-electron chi connectivity index (χ4n) is 6.06. The Morgan fingerprint density at radius 3 is 2.62 bits per heavy atom. The fraction of sp³-hybridized carbons (Fsp3) is 0.364. The molecule has 0 saturated carbocycles. The highest BCUT2D eigenvalue weighted by Gasteiger charge is 2.37. The van der Waals surface area contributed by atoms with Gasteiger partial charge in [-0.2, -0.15) is 4.98 Å². The Morgan fingerprint density at radius 1 is 1.11 bits per heavy atom. The van der Waals surface area contributed by atoms with Crippen molar-refractivity contribution in [3.05, 3.63) is 74.6 Å². The van der Waals surface area contributed by atoms with Gasteiger partial charge in [-0.25, -0.2) is 19.1 Å². The first-order valence-electron chi connectivity index (χ1n) is 14.9. The summed E-state index contributed by atoms with van der Waals surface area (Å²) >= 11 is 7.72. The summed E-state index contributed by atoms with van der Waals surface area (Å²) in [4.78, 5) is 29.2. The highest BCUT2D eigenvalue weighted by molar-refractivity contribution is 7.15. The third kappa shape index (κ3) is 6.04. The lowest BCUT2D eigenvalue weighted by atomic mass is 9.89. The Morgan fingerprint density at radius 2 is 1.91 bits per heavy atom. The standard InChI is InChI=1S/C33H36ClFN6O3S/c1-5-20-14-25(43-3)7-9-27(20)41-31-24(18-40(33(41)42)29-23(16-35)19-45-30(29)34)17-36-32(38-31)37-26-8-6-22(15-28(26)44-4)21-10-12-39(2)13-11-21/h6-9,14-15,17,19,21H,5,10-13,16,18H2,1-4H3,(H,36,37,38). The van der Waals surface area contributed by atoms with E-state index in [1.165, 1.54) is 21.8 Å². The van der Waals surface area contributed by atoms with Crippen molar-refractivity contribution in [2.24, 2.45) is 0 Å². The minimum Gasteiger partial charge on any atom is -0.497 e. The molecule has 0 atom stereocenters. The number of nitrogens with zero attached hydrogens (tertiary/aromatic N) is 5. The number of fused-ring (bicyclic) bond motifs is 1. The summed E-state index contributed by atoms with van der Waals surface area (Å²) in [5, 5.41) is 4.96. The Bertz CT molecular complexity index is 1710. The van der Waals surface area contributed by atoms with E-state index < -0.39 is 6.67 Å². The molecule has 1 fully saturated rings. The molecule has 1 saturated heterocycles. The molecule has 1 N–H and O–H groups in total. The average molecular weight is 651 g/mol. The van der Waals surface area contributed by atoms with Gasteiger partial charge in [-0.3, -0.25) is 4.90 Å². The van der Waals surface area contributed by atoms with Crippen LogP contribution in [0.4, 0.5) is 38.0 Å². The van der Waals surface area contributed by atoms with Crippen LogP contribution in [-0.2, 0) is 19.6 Å². The molecule has 6 rings (SSSR count). The average Bonchev–Trinajstić information content (AvgIpc) is 3.44. The van der Waals surface area contributed by atoms with E-state index in [1.807, 2.05) is 31.2 Å². The molecule has 2 amide bonds. The molecule has 0 bridgehead atoms. The van der Waals surface area contributed by atoms with Gasteiger partial charge in [-0.1, -0.05) is 24.6 Å². The van der Waals surface area contributed by atoms with Crippen LogP contribution in [0, 0.1) is 0 Å². The third-order valence-corrected chi connectivity index (χ3v) is 9.83. The van der Waals surface area contributed by atoms with E-state index >= 15 is 0 Å². The van der Waals surface area contributed by atoms with Gasteiger partial charge < -0.3 is 19.7 Å². The number of benzene rings is 2. The molecule has 12 heteroatoms. The number of likely N-dealkylation sites (tertiary alicyclic amines) is 1. The Balaban J connectivity index is 1.39. The lowest BCUT2D eigenvalue weighted by Gasteiger charge is -2.37. The maximum atomic E-state index is 14.3. The van der Waals surface area contributed by atoms with Crippen molar-refractivity contribution in [3.63, 3.8) is 0 Å². The van der Waals surface area contributed by atoms with Crippen LogP contribution in [0.2, 0.25) is 4.34 Å². The zero-order valence-corrected chi connectivity index (χ0v) is 27.3. The van der Waals surface area contributed by atoms with Crippen molar-refractivity contribution >= 4 is 57.8 Å². The maximum Gasteiger partial charge on any atom is 0.335 e. The first kappa shape index (κ1) is 31.1. The van der Waals surface area contributed by atoms with Gasteiger partial charge in [0.2, 0.25) is 5.95 Å². The van der Waals surface area contributed by atoms with Crippen molar-refractivity contribution in [1.29, 1.82) is 0 Å². The lowest BCUT2D eigenvalue weighted by molar-refractivity contribution is 0.252. The highest BCUT2D eigenvalue weighted by atomic mass is 35.5. The first-order chi connectivity index (χ1) is 21.8. The van der Waals surface area contributed by atoms with Crippen LogP contribution in [0.15, 0.2) is 48.0 Å². The summed E-state index contributed by atoms with van der Waals surface area (Å²) in [5.74, 6) is 2.61. The number of piperidine rings is 1. The number of ether oxygens (including phenoxy) is 2. The van der Waals surface area contributed by atoms with E-state index in [9.17, 15) is 9.18 Å². The topological polar surface area (TPSA) is 83.1 Å². The lowest BCUT2D eigenvalue weighted by Crippen LogP contribution is -2.46. The predicted octanol–water partition coefficient (Wildman–Crippen LogP) is 8.07. The Hall–Kier alpha value is -3.93. The highest BCUT2D eigenvalue weighted by Crippen LogP contribution is 2.44. The molecule has 4 heterocycles. The summed E-state index contributed by atoms with van der Waals surface area (Å²) in [6.07, 6.45) is 4.55. The number of hydrogen-bond acceptors (Lipinski definition) is 8. The predicted molar refractivity (Wildman–Crippen MR) is 178 cm³/mol. The van der Waals surface area contributed by atoms with E-state index in [1.54, 1.807) is 30.7 Å². The third-order valence-electron chi connectivity index (χ3n) is 8.58. The summed E-state index contributed by atoms with van der Waals surface area (Å²) in [5.41, 5.74) is 4.93. The summed E-state index contributed by atoms with van der Waals surface area (Å²) in [6.45, 7) is 3.56. The van der Waals surface area contributed by atoms with Gasteiger partial charge in [0.05, 0.1) is 37.8 Å². The number of carbonyl (C=O) groups excluding carboxylic acids is 1. The number of hydrogen-bond donors (Lipinski definition) is 1. The molecule has 2 aliphatic heterocycles. The van der Waals surface area contributed by atoms with E-state index in [2.05, 4.69) is 34.4 Å². The fourth-order valence-corrected chi connectivity index (χ4v) is 7.19. The smallest absolute Gasteiger partial charge is 0.335 e. The van der Waals surface area contributed by atoms with Gasteiger partial charge >= 0.3 is 6.03 Å². The van der Waals surface area contributed by atoms with Crippen molar-refractivity contribution in [2.45, 2.75) is 45.3 Å². The van der Waals surface area contributed by atoms with Crippen LogP contribution in [0.25, 0.3) is 0 Å². The minimum atomic E-state index is -0.740.